The Morgan fingerprint density at radius 1 is 1.00 bits per heavy atom. The Labute approximate surface area is 144 Å². The minimum atomic E-state index is -0.284. The molecule has 1 amide bonds. The molecule has 2 aromatic heterocycles. The number of benzene rings is 2. The molecule has 0 bridgehead atoms. The molecule has 0 aliphatic rings. The van der Waals surface area contributed by atoms with Crippen molar-refractivity contribution in [2.75, 3.05) is 5.32 Å². The Bertz CT molecular complexity index is 1050. The number of carbonyl (C=O) groups is 1. The van der Waals surface area contributed by atoms with Gasteiger partial charge in [-0.25, -0.2) is 4.68 Å². The average molecular weight is 329 g/mol. The van der Waals surface area contributed by atoms with Gasteiger partial charge in [0.25, 0.3) is 5.91 Å². The maximum Gasteiger partial charge on any atom is 0.278 e. The highest BCUT2D eigenvalue weighted by molar-refractivity contribution is 6.03. The molecule has 122 valence electrons. The Hall–Kier alpha value is -3.54. The Balaban J connectivity index is 1.73. The van der Waals surface area contributed by atoms with E-state index < -0.39 is 0 Å². The molecule has 2 heterocycles. The van der Waals surface area contributed by atoms with Gasteiger partial charge in [0, 0.05) is 17.3 Å². The zero-order valence-electron chi connectivity index (χ0n) is 13.5. The summed E-state index contributed by atoms with van der Waals surface area (Å²) < 4.78 is 1.67. The number of aromatic nitrogens is 4. The zero-order chi connectivity index (χ0) is 17.2. The molecule has 25 heavy (non-hydrogen) atoms. The lowest BCUT2D eigenvalue weighted by Crippen LogP contribution is -2.14. The lowest BCUT2D eigenvalue weighted by Gasteiger charge is -2.07. The highest BCUT2D eigenvalue weighted by Crippen LogP contribution is 2.21. The van der Waals surface area contributed by atoms with E-state index >= 15 is 0 Å². The van der Waals surface area contributed by atoms with Crippen LogP contribution in [-0.4, -0.2) is 25.9 Å². The summed E-state index contributed by atoms with van der Waals surface area (Å²) in [5.41, 5.74) is 3.39. The van der Waals surface area contributed by atoms with Gasteiger partial charge < -0.3 is 5.32 Å². The van der Waals surface area contributed by atoms with Gasteiger partial charge in [0.05, 0.1) is 16.9 Å². The molecule has 0 saturated carbocycles. The van der Waals surface area contributed by atoms with E-state index in [4.69, 9.17) is 0 Å². The van der Waals surface area contributed by atoms with E-state index in [-0.39, 0.29) is 5.91 Å². The second-order valence-corrected chi connectivity index (χ2v) is 5.60. The van der Waals surface area contributed by atoms with E-state index in [1.807, 2.05) is 67.6 Å². The van der Waals surface area contributed by atoms with Gasteiger partial charge in [-0.3, -0.25) is 9.78 Å². The number of pyridine rings is 1. The topological polar surface area (TPSA) is 72.7 Å². The van der Waals surface area contributed by atoms with Crippen molar-refractivity contribution >= 4 is 22.5 Å². The lowest BCUT2D eigenvalue weighted by molar-refractivity contribution is 0.102. The third kappa shape index (κ3) is 2.74. The number of rotatable bonds is 3. The first-order chi connectivity index (χ1) is 12.2. The van der Waals surface area contributed by atoms with Crippen LogP contribution in [0.4, 0.5) is 5.69 Å². The molecule has 0 aliphatic carbocycles. The summed E-state index contributed by atoms with van der Waals surface area (Å²) in [7, 11) is 0. The molecule has 6 nitrogen and oxygen atoms in total. The number of nitrogens with one attached hydrogen (secondary N) is 1. The van der Waals surface area contributed by atoms with Gasteiger partial charge in [-0.05, 0) is 31.2 Å². The van der Waals surface area contributed by atoms with E-state index in [9.17, 15) is 4.79 Å². The molecule has 6 heteroatoms. The SMILES string of the molecule is Cc1c(C(=O)Nc2ccccc2)nnn1-c1ccnc2ccccc12. The van der Waals surface area contributed by atoms with Gasteiger partial charge in [0.2, 0.25) is 0 Å². The number of anilines is 1. The van der Waals surface area contributed by atoms with E-state index in [1.165, 1.54) is 0 Å². The van der Waals surface area contributed by atoms with Crippen molar-refractivity contribution in [1.82, 2.24) is 20.0 Å². The predicted molar refractivity (Wildman–Crippen MR) is 95.8 cm³/mol. The van der Waals surface area contributed by atoms with Crippen LogP contribution in [-0.2, 0) is 0 Å². The first kappa shape index (κ1) is 15.0. The molecule has 0 radical (unpaired) electrons. The largest absolute Gasteiger partial charge is 0.321 e. The van der Waals surface area contributed by atoms with Crippen LogP contribution in [0.3, 0.4) is 0 Å². The van der Waals surface area contributed by atoms with Crippen LogP contribution in [0, 0.1) is 6.92 Å². The van der Waals surface area contributed by atoms with Gasteiger partial charge in [-0.15, -0.1) is 5.10 Å². The molecule has 2 aromatic carbocycles. The summed E-state index contributed by atoms with van der Waals surface area (Å²) in [5, 5.41) is 12.0. The van der Waals surface area contributed by atoms with Crippen molar-refractivity contribution in [2.24, 2.45) is 0 Å². The Kier molecular flexibility index (Phi) is 3.70. The van der Waals surface area contributed by atoms with E-state index in [2.05, 4.69) is 20.6 Å². The van der Waals surface area contributed by atoms with Crippen LogP contribution in [0.15, 0.2) is 66.9 Å². The number of carbonyl (C=O) groups excluding carboxylic acids is 1. The molecule has 1 N–H and O–H groups in total. The van der Waals surface area contributed by atoms with Crippen LogP contribution in [0.2, 0.25) is 0 Å². The van der Waals surface area contributed by atoms with Crippen LogP contribution in [0.25, 0.3) is 16.6 Å². The molecular formula is C19H15N5O. The Morgan fingerprint density at radius 2 is 1.76 bits per heavy atom. The normalized spacial score (nSPS) is 10.8. The fourth-order valence-electron chi connectivity index (χ4n) is 2.75. The summed E-state index contributed by atoms with van der Waals surface area (Å²) in [4.78, 5) is 16.9. The first-order valence-corrected chi connectivity index (χ1v) is 7.87. The monoisotopic (exact) mass is 329 g/mol. The molecule has 0 spiro atoms. The van der Waals surface area contributed by atoms with Crippen molar-refractivity contribution in [1.29, 1.82) is 0 Å². The molecule has 0 atom stereocenters. The minimum absolute atomic E-state index is 0.284. The molecule has 0 saturated heterocycles. The summed E-state index contributed by atoms with van der Waals surface area (Å²) in [6.07, 6.45) is 1.72. The van der Waals surface area contributed by atoms with Crippen molar-refractivity contribution in [2.45, 2.75) is 6.92 Å². The summed E-state index contributed by atoms with van der Waals surface area (Å²) in [5.74, 6) is -0.284. The third-order valence-corrected chi connectivity index (χ3v) is 4.00. The van der Waals surface area contributed by atoms with Crippen molar-refractivity contribution < 1.29 is 4.79 Å². The van der Waals surface area contributed by atoms with Crippen molar-refractivity contribution in [3.8, 4) is 5.69 Å². The quantitative estimate of drug-likeness (QED) is 0.625. The number of nitrogens with zero attached hydrogens (tertiary/aromatic N) is 4. The second-order valence-electron chi connectivity index (χ2n) is 5.60. The van der Waals surface area contributed by atoms with E-state index in [1.54, 1.807) is 10.9 Å². The van der Waals surface area contributed by atoms with Crippen LogP contribution >= 0.6 is 0 Å². The lowest BCUT2D eigenvalue weighted by atomic mass is 10.2. The number of hydrogen-bond donors (Lipinski definition) is 1. The number of amides is 1. The first-order valence-electron chi connectivity index (χ1n) is 7.87. The summed E-state index contributed by atoms with van der Waals surface area (Å²) in [6.45, 7) is 1.83. The summed E-state index contributed by atoms with van der Waals surface area (Å²) in [6, 6.07) is 18.9. The van der Waals surface area contributed by atoms with Crippen LogP contribution in [0.5, 0.6) is 0 Å². The van der Waals surface area contributed by atoms with Crippen molar-refractivity contribution in [3.63, 3.8) is 0 Å². The zero-order valence-corrected chi connectivity index (χ0v) is 13.5. The number of para-hydroxylation sites is 2. The van der Waals surface area contributed by atoms with Gasteiger partial charge in [-0.2, -0.15) is 0 Å². The number of fused-ring (bicyclic) bond motifs is 1. The molecular weight excluding hydrogens is 314 g/mol. The second kappa shape index (κ2) is 6.16. The standard InChI is InChI=1S/C19H15N5O/c1-13-18(19(25)21-14-7-3-2-4-8-14)22-23-24(13)17-11-12-20-16-10-6-5-9-15(16)17/h2-12H,1H3,(H,21,25). The van der Waals surface area contributed by atoms with Gasteiger partial charge in [-0.1, -0.05) is 41.6 Å². The maximum absolute atomic E-state index is 12.5. The van der Waals surface area contributed by atoms with Gasteiger partial charge >= 0.3 is 0 Å². The average Bonchev–Trinajstić information content (AvgIpc) is 3.03. The fraction of sp³-hybridized carbons (Fsp3) is 0.0526. The number of hydrogen-bond acceptors (Lipinski definition) is 4. The van der Waals surface area contributed by atoms with Crippen LogP contribution < -0.4 is 5.32 Å². The molecule has 4 aromatic rings. The highest BCUT2D eigenvalue weighted by atomic mass is 16.2. The van der Waals surface area contributed by atoms with E-state index in [0.29, 0.717) is 11.4 Å². The summed E-state index contributed by atoms with van der Waals surface area (Å²) >= 11 is 0. The fourth-order valence-corrected chi connectivity index (χ4v) is 2.75. The third-order valence-electron chi connectivity index (χ3n) is 4.00. The highest BCUT2D eigenvalue weighted by Gasteiger charge is 2.18. The van der Waals surface area contributed by atoms with Gasteiger partial charge in [0.15, 0.2) is 5.69 Å². The van der Waals surface area contributed by atoms with Gasteiger partial charge in [0.1, 0.15) is 0 Å². The molecule has 4 rings (SSSR count). The predicted octanol–water partition coefficient (Wildman–Crippen LogP) is 3.38. The maximum atomic E-state index is 12.5. The molecule has 0 aliphatic heterocycles. The molecule has 0 unspecified atom stereocenters. The Morgan fingerprint density at radius 3 is 2.60 bits per heavy atom. The minimum Gasteiger partial charge on any atom is -0.321 e. The van der Waals surface area contributed by atoms with Crippen LogP contribution in [0.1, 0.15) is 16.2 Å². The van der Waals surface area contributed by atoms with E-state index in [0.717, 1.165) is 22.3 Å². The van der Waals surface area contributed by atoms with Crippen molar-refractivity contribution in [3.05, 3.63) is 78.2 Å². The smallest absolute Gasteiger partial charge is 0.278 e. The molecule has 0 fully saturated rings.